The number of carbonyl (C=O) groups is 1. The molecule has 1 atom stereocenters. The second-order valence-electron chi connectivity index (χ2n) is 7.31. The van der Waals surface area contributed by atoms with Crippen LogP contribution in [0.5, 0.6) is 17.4 Å². The van der Waals surface area contributed by atoms with Gasteiger partial charge in [-0.15, -0.1) is 0 Å². The van der Waals surface area contributed by atoms with Crippen LogP contribution in [0.15, 0.2) is 60.9 Å². The summed E-state index contributed by atoms with van der Waals surface area (Å²) >= 11 is 0. The lowest BCUT2D eigenvalue weighted by Crippen LogP contribution is -2.27. The Bertz CT molecular complexity index is 1010. The van der Waals surface area contributed by atoms with Gasteiger partial charge in [0.1, 0.15) is 23.6 Å². The van der Waals surface area contributed by atoms with Crippen LogP contribution in [0.3, 0.4) is 0 Å². The Morgan fingerprint density at radius 3 is 2.53 bits per heavy atom. The highest BCUT2D eigenvalue weighted by atomic mass is 16.5. The first kappa shape index (κ1) is 19.7. The lowest BCUT2D eigenvalue weighted by Gasteiger charge is -2.16. The lowest BCUT2D eigenvalue weighted by molar-refractivity contribution is -0.127. The minimum atomic E-state index is 0.0993. The average Bonchev–Trinajstić information content (AvgIpc) is 3.23. The van der Waals surface area contributed by atoms with Crippen molar-refractivity contribution < 1.29 is 14.3 Å². The van der Waals surface area contributed by atoms with Crippen molar-refractivity contribution in [1.29, 1.82) is 0 Å². The number of anilines is 1. The molecule has 0 spiro atoms. The van der Waals surface area contributed by atoms with Gasteiger partial charge in [0, 0.05) is 25.9 Å². The van der Waals surface area contributed by atoms with E-state index >= 15 is 0 Å². The number of nitrogens with zero attached hydrogens (tertiary/aromatic N) is 3. The molecule has 1 aromatic heterocycles. The smallest absolute Gasteiger partial charge is 0.226 e. The molecule has 2 aromatic carbocycles. The Balaban J connectivity index is 1.48. The van der Waals surface area contributed by atoms with Crippen LogP contribution < -0.4 is 15.2 Å². The third-order valence-corrected chi connectivity index (χ3v) is 5.15. The van der Waals surface area contributed by atoms with Gasteiger partial charge in [-0.3, -0.25) is 4.79 Å². The predicted octanol–water partition coefficient (Wildman–Crippen LogP) is 3.77. The molecule has 0 aliphatic carbocycles. The number of nitrogens with two attached hydrogens (primary N) is 1. The second-order valence-corrected chi connectivity index (χ2v) is 7.31. The number of hydrogen-bond acceptors (Lipinski definition) is 6. The predicted molar refractivity (Wildman–Crippen MR) is 114 cm³/mol. The summed E-state index contributed by atoms with van der Waals surface area (Å²) in [4.78, 5) is 21.8. The maximum atomic E-state index is 11.5. The summed E-state index contributed by atoms with van der Waals surface area (Å²) in [5.74, 6) is 2.67. The first-order chi connectivity index (χ1) is 14.6. The maximum Gasteiger partial charge on any atom is 0.226 e. The van der Waals surface area contributed by atoms with Crippen LogP contribution in [0.4, 0.5) is 5.82 Å². The second kappa shape index (κ2) is 8.82. The number of ether oxygens (including phenoxy) is 2. The molecule has 0 saturated carbocycles. The van der Waals surface area contributed by atoms with E-state index in [1.165, 1.54) is 6.33 Å². The van der Waals surface area contributed by atoms with Gasteiger partial charge >= 0.3 is 0 Å². The Morgan fingerprint density at radius 1 is 1.10 bits per heavy atom. The third kappa shape index (κ3) is 4.51. The molecule has 1 fully saturated rings. The normalized spacial score (nSPS) is 15.8. The number of nitrogen functional groups attached to an aromatic ring is 1. The van der Waals surface area contributed by atoms with Crippen molar-refractivity contribution in [2.45, 2.75) is 13.3 Å². The van der Waals surface area contributed by atoms with Crippen LogP contribution in [0, 0.1) is 5.92 Å². The number of hydrogen-bond donors (Lipinski definition) is 1. The van der Waals surface area contributed by atoms with Gasteiger partial charge in [-0.05, 0) is 36.2 Å². The Kier molecular flexibility index (Phi) is 5.79. The molecular weight excluding hydrogens is 380 g/mol. The number of aromatic nitrogens is 2. The van der Waals surface area contributed by atoms with E-state index in [4.69, 9.17) is 15.2 Å². The highest BCUT2D eigenvalue weighted by Gasteiger charge is 2.25. The van der Waals surface area contributed by atoms with E-state index in [-0.39, 0.29) is 11.8 Å². The first-order valence-corrected chi connectivity index (χ1v) is 9.92. The van der Waals surface area contributed by atoms with Crippen molar-refractivity contribution in [1.82, 2.24) is 14.9 Å². The zero-order valence-electron chi connectivity index (χ0n) is 16.8. The van der Waals surface area contributed by atoms with Crippen LogP contribution in [0.1, 0.15) is 13.3 Å². The topological polar surface area (TPSA) is 90.6 Å². The zero-order chi connectivity index (χ0) is 20.9. The molecule has 7 nitrogen and oxygen atoms in total. The molecule has 4 rings (SSSR count). The van der Waals surface area contributed by atoms with Crippen LogP contribution in [0.25, 0.3) is 11.1 Å². The number of para-hydroxylation sites is 1. The molecule has 0 radical (unpaired) electrons. The Labute approximate surface area is 175 Å². The monoisotopic (exact) mass is 404 g/mol. The third-order valence-electron chi connectivity index (χ3n) is 5.15. The van der Waals surface area contributed by atoms with Gasteiger partial charge in [-0.25, -0.2) is 9.97 Å². The van der Waals surface area contributed by atoms with E-state index in [1.807, 2.05) is 59.5 Å². The number of carbonyl (C=O) groups excluding carboxylic acids is 1. The van der Waals surface area contributed by atoms with E-state index in [1.54, 1.807) is 6.92 Å². The van der Waals surface area contributed by atoms with E-state index in [0.717, 1.165) is 30.0 Å². The van der Waals surface area contributed by atoms with E-state index in [0.29, 0.717) is 30.4 Å². The maximum absolute atomic E-state index is 11.5. The van der Waals surface area contributed by atoms with Crippen LogP contribution >= 0.6 is 0 Å². The van der Waals surface area contributed by atoms with Gasteiger partial charge in [0.05, 0.1) is 12.2 Å². The summed E-state index contributed by atoms with van der Waals surface area (Å²) in [6.45, 7) is 3.54. The summed E-state index contributed by atoms with van der Waals surface area (Å²) in [6.07, 6.45) is 2.32. The standard InChI is InChI=1S/C23H24N4O3/c1-16(28)27-12-11-17(13-27)14-29-23-21(22(24)25-15-26-23)18-7-9-20(10-8-18)30-19-5-3-2-4-6-19/h2-10,15,17H,11-14H2,1H3,(H2,24,25,26). The largest absolute Gasteiger partial charge is 0.477 e. The van der Waals surface area contributed by atoms with Gasteiger partial charge in [0.25, 0.3) is 0 Å². The Hall–Kier alpha value is -3.61. The molecule has 30 heavy (non-hydrogen) atoms. The number of benzene rings is 2. The van der Waals surface area contributed by atoms with Gasteiger partial charge in [-0.1, -0.05) is 30.3 Å². The highest BCUT2D eigenvalue weighted by molar-refractivity contribution is 5.78. The van der Waals surface area contributed by atoms with Crippen LogP contribution in [-0.4, -0.2) is 40.5 Å². The van der Waals surface area contributed by atoms with Crippen LogP contribution in [-0.2, 0) is 4.79 Å². The fraction of sp³-hybridized carbons (Fsp3) is 0.261. The molecule has 1 aliphatic rings. The number of amides is 1. The van der Waals surface area contributed by atoms with Crippen molar-refractivity contribution in [3.05, 3.63) is 60.9 Å². The van der Waals surface area contributed by atoms with Crippen LogP contribution in [0.2, 0.25) is 0 Å². The minimum absolute atomic E-state index is 0.0993. The summed E-state index contributed by atoms with van der Waals surface area (Å²) < 4.78 is 11.9. The molecule has 3 aromatic rings. The molecule has 1 amide bonds. The molecule has 1 saturated heterocycles. The molecule has 1 aliphatic heterocycles. The zero-order valence-corrected chi connectivity index (χ0v) is 16.8. The van der Waals surface area contributed by atoms with Crippen molar-refractivity contribution in [2.24, 2.45) is 5.92 Å². The fourth-order valence-electron chi connectivity index (χ4n) is 3.53. The molecule has 0 bridgehead atoms. The SMILES string of the molecule is CC(=O)N1CCC(COc2ncnc(N)c2-c2ccc(Oc3ccccc3)cc2)C1. The minimum Gasteiger partial charge on any atom is -0.477 e. The van der Waals surface area contributed by atoms with Gasteiger partial charge < -0.3 is 20.1 Å². The summed E-state index contributed by atoms with van der Waals surface area (Å²) in [7, 11) is 0. The molecule has 1 unspecified atom stereocenters. The first-order valence-electron chi connectivity index (χ1n) is 9.92. The highest BCUT2D eigenvalue weighted by Crippen LogP contribution is 2.34. The van der Waals surface area contributed by atoms with Crippen molar-refractivity contribution in [3.8, 4) is 28.5 Å². The van der Waals surface area contributed by atoms with Gasteiger partial charge in [-0.2, -0.15) is 0 Å². The Morgan fingerprint density at radius 2 is 1.83 bits per heavy atom. The molecule has 2 N–H and O–H groups in total. The summed E-state index contributed by atoms with van der Waals surface area (Å²) in [5, 5.41) is 0. The summed E-state index contributed by atoms with van der Waals surface area (Å²) in [6, 6.07) is 17.2. The lowest BCUT2D eigenvalue weighted by atomic mass is 10.1. The van der Waals surface area contributed by atoms with Crippen molar-refractivity contribution >= 4 is 11.7 Å². The van der Waals surface area contributed by atoms with E-state index < -0.39 is 0 Å². The average molecular weight is 404 g/mol. The van der Waals surface area contributed by atoms with Gasteiger partial charge in [0.2, 0.25) is 11.8 Å². The molecule has 7 heteroatoms. The fourth-order valence-corrected chi connectivity index (χ4v) is 3.53. The van der Waals surface area contributed by atoms with Gasteiger partial charge in [0.15, 0.2) is 0 Å². The van der Waals surface area contributed by atoms with E-state index in [9.17, 15) is 4.79 Å². The van der Waals surface area contributed by atoms with Crippen molar-refractivity contribution in [2.75, 3.05) is 25.4 Å². The molecule has 2 heterocycles. The van der Waals surface area contributed by atoms with Crippen molar-refractivity contribution in [3.63, 3.8) is 0 Å². The quantitative estimate of drug-likeness (QED) is 0.673. The number of likely N-dealkylation sites (tertiary alicyclic amines) is 1. The van der Waals surface area contributed by atoms with E-state index in [2.05, 4.69) is 9.97 Å². The molecule has 154 valence electrons. The summed E-state index contributed by atoms with van der Waals surface area (Å²) in [5.41, 5.74) is 7.65. The number of rotatable bonds is 6. The molecular formula is C23H24N4O3.